The van der Waals surface area contributed by atoms with Crippen LogP contribution in [0.25, 0.3) is 15.0 Å². The minimum absolute atomic E-state index is 0.00667. The molecular weight excluding hydrogens is 284 g/mol. The lowest BCUT2D eigenvalue weighted by molar-refractivity contribution is 0.0698. The minimum Gasteiger partial charge on any atom is -0.478 e. The number of hydrogen-bond donors (Lipinski definition) is 1. The minimum atomic E-state index is -1.12. The lowest BCUT2D eigenvalue weighted by Crippen LogP contribution is -2.17. The van der Waals surface area contributed by atoms with Crippen molar-refractivity contribution in [1.82, 2.24) is 9.38 Å². The highest BCUT2D eigenvalue weighted by Gasteiger charge is 2.20. The summed E-state index contributed by atoms with van der Waals surface area (Å²) in [5.41, 5.74) is 0.0396. The molecule has 0 bridgehead atoms. The maximum Gasteiger partial charge on any atom is 0.353 e. The summed E-state index contributed by atoms with van der Waals surface area (Å²) < 4.78 is 12.6. The van der Waals surface area contributed by atoms with Gasteiger partial charge in [-0.3, -0.25) is 0 Å². The standard InChI is InChI=1S/C12H6N2O5S/c15-11(16)5-3-13-12(17)14-6-1-7-8(19-4-18-7)2-9(6)20-10(5)14/h1-3H,4H2,(H,15,16). The second kappa shape index (κ2) is 3.70. The van der Waals surface area contributed by atoms with Gasteiger partial charge in [-0.1, -0.05) is 0 Å². The molecule has 4 rings (SSSR count). The number of hydrogen-bond acceptors (Lipinski definition) is 6. The van der Waals surface area contributed by atoms with E-state index in [-0.39, 0.29) is 12.4 Å². The highest BCUT2D eigenvalue weighted by molar-refractivity contribution is 7.24. The topological polar surface area (TPSA) is 90.1 Å². The fourth-order valence-electron chi connectivity index (χ4n) is 2.17. The smallest absolute Gasteiger partial charge is 0.353 e. The highest BCUT2D eigenvalue weighted by Crippen LogP contribution is 2.39. The molecule has 0 saturated carbocycles. The summed E-state index contributed by atoms with van der Waals surface area (Å²) in [7, 11) is 0. The van der Waals surface area contributed by atoms with E-state index in [4.69, 9.17) is 14.6 Å². The zero-order valence-electron chi connectivity index (χ0n) is 9.82. The molecule has 1 aliphatic heterocycles. The van der Waals surface area contributed by atoms with Gasteiger partial charge in [0.1, 0.15) is 10.4 Å². The Morgan fingerprint density at radius 1 is 1.35 bits per heavy atom. The van der Waals surface area contributed by atoms with Crippen LogP contribution < -0.4 is 15.2 Å². The summed E-state index contributed by atoms with van der Waals surface area (Å²) in [6.45, 7) is 0.137. The van der Waals surface area contributed by atoms with Crippen molar-refractivity contribution in [3.63, 3.8) is 0 Å². The molecule has 0 radical (unpaired) electrons. The Kier molecular flexibility index (Phi) is 2.08. The first-order valence-corrected chi connectivity index (χ1v) is 6.44. The van der Waals surface area contributed by atoms with Gasteiger partial charge in [0.15, 0.2) is 11.5 Å². The molecule has 0 amide bonds. The van der Waals surface area contributed by atoms with Crippen LogP contribution in [0.3, 0.4) is 0 Å². The maximum absolute atomic E-state index is 11.9. The number of aromatic carboxylic acids is 1. The summed E-state index contributed by atoms with van der Waals surface area (Å²) in [6, 6.07) is 3.40. The summed E-state index contributed by atoms with van der Waals surface area (Å²) in [6.07, 6.45) is 1.08. The highest BCUT2D eigenvalue weighted by atomic mass is 32.1. The van der Waals surface area contributed by atoms with E-state index in [1.54, 1.807) is 12.1 Å². The quantitative estimate of drug-likeness (QED) is 0.727. The van der Waals surface area contributed by atoms with Gasteiger partial charge in [-0.25, -0.2) is 19.0 Å². The Hall–Kier alpha value is -2.61. The van der Waals surface area contributed by atoms with Gasteiger partial charge in [-0.05, 0) is 0 Å². The molecule has 0 spiro atoms. The number of benzene rings is 1. The van der Waals surface area contributed by atoms with Crippen molar-refractivity contribution in [1.29, 1.82) is 0 Å². The van der Waals surface area contributed by atoms with E-state index in [1.807, 2.05) is 0 Å². The van der Waals surface area contributed by atoms with Gasteiger partial charge < -0.3 is 14.6 Å². The van der Waals surface area contributed by atoms with Gasteiger partial charge in [0, 0.05) is 12.1 Å². The Bertz CT molecular complexity index is 942. The zero-order chi connectivity index (χ0) is 13.9. The number of aromatic nitrogens is 2. The van der Waals surface area contributed by atoms with Crippen LogP contribution in [0.15, 0.2) is 23.1 Å². The number of carboxylic acids is 1. The van der Waals surface area contributed by atoms with Crippen molar-refractivity contribution in [3.05, 3.63) is 34.4 Å². The molecule has 0 fully saturated rings. The molecule has 0 atom stereocenters. The molecule has 0 saturated heterocycles. The van der Waals surface area contributed by atoms with Crippen molar-refractivity contribution in [2.75, 3.05) is 6.79 Å². The molecule has 3 aromatic rings. The monoisotopic (exact) mass is 290 g/mol. The van der Waals surface area contributed by atoms with Crippen molar-refractivity contribution >= 4 is 32.4 Å². The third-order valence-electron chi connectivity index (χ3n) is 3.06. The molecule has 100 valence electrons. The Labute approximate surface area is 114 Å². The first-order chi connectivity index (χ1) is 9.65. The first kappa shape index (κ1) is 11.2. The molecule has 1 aliphatic rings. The van der Waals surface area contributed by atoms with E-state index in [2.05, 4.69) is 4.98 Å². The van der Waals surface area contributed by atoms with Crippen LogP contribution in [0.5, 0.6) is 11.5 Å². The lowest BCUT2D eigenvalue weighted by atomic mass is 10.3. The molecule has 8 heteroatoms. The molecule has 0 aliphatic carbocycles. The van der Waals surface area contributed by atoms with Crippen molar-refractivity contribution in [2.45, 2.75) is 0 Å². The van der Waals surface area contributed by atoms with Crippen LogP contribution in [-0.4, -0.2) is 27.3 Å². The largest absolute Gasteiger partial charge is 0.478 e. The Balaban J connectivity index is 2.21. The number of fused-ring (bicyclic) bond motifs is 4. The maximum atomic E-state index is 11.9. The average Bonchev–Trinajstić information content (AvgIpc) is 2.99. The predicted octanol–water partition coefficient (Wildman–Crippen LogP) is 1.34. The summed E-state index contributed by atoms with van der Waals surface area (Å²) >= 11 is 1.20. The fourth-order valence-corrected chi connectivity index (χ4v) is 3.32. The average molecular weight is 290 g/mol. The lowest BCUT2D eigenvalue weighted by Gasteiger charge is -1.98. The van der Waals surface area contributed by atoms with Crippen LogP contribution in [-0.2, 0) is 0 Å². The second-order valence-corrected chi connectivity index (χ2v) is 5.21. The van der Waals surface area contributed by atoms with Gasteiger partial charge in [0.05, 0.1) is 16.4 Å². The van der Waals surface area contributed by atoms with E-state index in [1.165, 1.54) is 15.7 Å². The third kappa shape index (κ3) is 1.36. The first-order valence-electron chi connectivity index (χ1n) is 5.62. The predicted molar refractivity (Wildman–Crippen MR) is 69.9 cm³/mol. The molecule has 0 unspecified atom stereocenters. The third-order valence-corrected chi connectivity index (χ3v) is 4.20. The molecule has 7 nitrogen and oxygen atoms in total. The molecule has 3 heterocycles. The van der Waals surface area contributed by atoms with Gasteiger partial charge in [-0.2, -0.15) is 0 Å². The number of carbonyl (C=O) groups is 1. The molecule has 1 N–H and O–H groups in total. The van der Waals surface area contributed by atoms with Crippen LogP contribution in [0, 0.1) is 0 Å². The Morgan fingerprint density at radius 3 is 2.85 bits per heavy atom. The van der Waals surface area contributed by atoms with Crippen LogP contribution in [0.4, 0.5) is 0 Å². The summed E-state index contributed by atoms with van der Waals surface area (Å²) in [4.78, 5) is 27.1. The molecule has 1 aromatic carbocycles. The van der Waals surface area contributed by atoms with E-state index >= 15 is 0 Å². The van der Waals surface area contributed by atoms with Crippen molar-refractivity contribution < 1.29 is 19.4 Å². The van der Waals surface area contributed by atoms with Crippen LogP contribution in [0.1, 0.15) is 10.4 Å². The van der Waals surface area contributed by atoms with Gasteiger partial charge in [0.2, 0.25) is 6.79 Å². The van der Waals surface area contributed by atoms with E-state index in [0.717, 1.165) is 10.9 Å². The van der Waals surface area contributed by atoms with Gasteiger partial charge >= 0.3 is 11.7 Å². The summed E-state index contributed by atoms with van der Waals surface area (Å²) in [5.74, 6) is -0.00614. The second-order valence-electron chi connectivity index (χ2n) is 4.18. The van der Waals surface area contributed by atoms with Gasteiger partial charge in [0.25, 0.3) is 0 Å². The number of thiazole rings is 1. The van der Waals surface area contributed by atoms with Crippen LogP contribution in [0.2, 0.25) is 0 Å². The normalized spacial score (nSPS) is 13.2. The van der Waals surface area contributed by atoms with Gasteiger partial charge in [-0.15, -0.1) is 11.3 Å². The molecule has 20 heavy (non-hydrogen) atoms. The van der Waals surface area contributed by atoms with E-state index in [9.17, 15) is 9.59 Å². The van der Waals surface area contributed by atoms with Crippen molar-refractivity contribution in [2.24, 2.45) is 0 Å². The van der Waals surface area contributed by atoms with E-state index < -0.39 is 11.7 Å². The zero-order valence-corrected chi connectivity index (χ0v) is 10.6. The molecular formula is C12H6N2O5S. The number of rotatable bonds is 1. The van der Waals surface area contributed by atoms with Crippen LogP contribution >= 0.6 is 11.3 Å². The SMILES string of the molecule is O=C(O)c1cnc(=O)n2c1sc1cc3c(cc12)OCO3. The number of nitrogens with zero attached hydrogens (tertiary/aromatic N) is 2. The Morgan fingerprint density at radius 2 is 2.10 bits per heavy atom. The van der Waals surface area contributed by atoms with Crippen molar-refractivity contribution in [3.8, 4) is 11.5 Å². The number of ether oxygens (including phenoxy) is 2. The summed E-state index contributed by atoms with van der Waals surface area (Å²) in [5, 5.41) is 9.17. The van der Waals surface area contributed by atoms with E-state index in [0.29, 0.717) is 21.8 Å². The number of carboxylic acid groups (broad SMARTS) is 1. The molecule has 2 aromatic heterocycles. The fraction of sp³-hybridized carbons (Fsp3) is 0.0833.